The second kappa shape index (κ2) is 3.09. The zero-order valence-corrected chi connectivity index (χ0v) is 6.46. The van der Waals surface area contributed by atoms with Gasteiger partial charge in [-0.3, -0.25) is 4.79 Å². The Morgan fingerprint density at radius 3 is 2.45 bits per heavy atom. The Labute approximate surface area is 64.7 Å². The molecule has 0 atom stereocenters. The van der Waals surface area contributed by atoms with Crippen molar-refractivity contribution in [3.8, 4) is 0 Å². The Hall–Kier alpha value is -1.45. The minimum Gasteiger partial charge on any atom is -0.355 e. The van der Waals surface area contributed by atoms with E-state index in [2.05, 4.69) is 15.3 Å². The maximum Gasteiger partial charge on any atom is 0.254 e. The number of nitrogens with one attached hydrogen (secondary N) is 1. The standard InChI is InChI=1S/C7H9N3O/c1-5-9-3-6(4-10-5)7(11)8-2/h3-4H,1-2H3,(H,8,11). The molecule has 4 nitrogen and oxygen atoms in total. The minimum atomic E-state index is -0.162. The number of carbonyl (C=O) groups is 1. The third-order valence-corrected chi connectivity index (χ3v) is 1.27. The molecule has 0 saturated carbocycles. The van der Waals surface area contributed by atoms with Crippen molar-refractivity contribution >= 4 is 5.91 Å². The van der Waals surface area contributed by atoms with E-state index in [0.29, 0.717) is 11.4 Å². The molecule has 11 heavy (non-hydrogen) atoms. The van der Waals surface area contributed by atoms with E-state index in [1.165, 1.54) is 12.4 Å². The number of aromatic nitrogens is 2. The second-order valence-corrected chi connectivity index (χ2v) is 2.10. The van der Waals surface area contributed by atoms with E-state index in [9.17, 15) is 4.79 Å². The van der Waals surface area contributed by atoms with Gasteiger partial charge in [0.1, 0.15) is 5.82 Å². The van der Waals surface area contributed by atoms with Crippen molar-refractivity contribution in [3.63, 3.8) is 0 Å². The van der Waals surface area contributed by atoms with Crippen molar-refractivity contribution in [1.29, 1.82) is 0 Å². The molecule has 4 heteroatoms. The first-order valence-electron chi connectivity index (χ1n) is 3.25. The largest absolute Gasteiger partial charge is 0.355 e. The molecule has 0 aromatic carbocycles. The molecular formula is C7H9N3O. The van der Waals surface area contributed by atoms with Crippen LogP contribution in [-0.2, 0) is 0 Å². The number of hydrogen-bond acceptors (Lipinski definition) is 3. The van der Waals surface area contributed by atoms with Crippen molar-refractivity contribution in [2.24, 2.45) is 0 Å². The Morgan fingerprint density at radius 1 is 1.45 bits per heavy atom. The first-order chi connectivity index (χ1) is 5.24. The summed E-state index contributed by atoms with van der Waals surface area (Å²) in [5.74, 6) is 0.502. The van der Waals surface area contributed by atoms with Crippen molar-refractivity contribution in [2.45, 2.75) is 6.92 Å². The average Bonchev–Trinajstić information content (AvgIpc) is 2.05. The first-order valence-corrected chi connectivity index (χ1v) is 3.25. The maximum absolute atomic E-state index is 10.9. The van der Waals surface area contributed by atoms with E-state index in [0.717, 1.165) is 0 Å². The van der Waals surface area contributed by atoms with Crippen molar-refractivity contribution in [1.82, 2.24) is 15.3 Å². The fraction of sp³-hybridized carbons (Fsp3) is 0.286. The van der Waals surface area contributed by atoms with Crippen LogP contribution in [0.3, 0.4) is 0 Å². The van der Waals surface area contributed by atoms with E-state index >= 15 is 0 Å². The summed E-state index contributed by atoms with van der Waals surface area (Å²) in [4.78, 5) is 18.7. The Kier molecular flexibility index (Phi) is 2.15. The van der Waals surface area contributed by atoms with Gasteiger partial charge in [0.05, 0.1) is 5.56 Å². The highest BCUT2D eigenvalue weighted by Crippen LogP contribution is 1.93. The van der Waals surface area contributed by atoms with Gasteiger partial charge >= 0.3 is 0 Å². The van der Waals surface area contributed by atoms with Gasteiger partial charge in [-0.15, -0.1) is 0 Å². The molecule has 0 saturated heterocycles. The minimum absolute atomic E-state index is 0.162. The summed E-state index contributed by atoms with van der Waals surface area (Å²) in [6.07, 6.45) is 3.00. The lowest BCUT2D eigenvalue weighted by Crippen LogP contribution is -2.18. The molecule has 0 aliphatic carbocycles. The lowest BCUT2D eigenvalue weighted by molar-refractivity contribution is 0.0962. The number of hydrogen-bond donors (Lipinski definition) is 1. The molecular weight excluding hydrogens is 142 g/mol. The van der Waals surface area contributed by atoms with Gasteiger partial charge in [-0.05, 0) is 6.92 Å². The van der Waals surface area contributed by atoms with Crippen molar-refractivity contribution in [2.75, 3.05) is 7.05 Å². The zero-order chi connectivity index (χ0) is 8.27. The highest BCUT2D eigenvalue weighted by atomic mass is 16.1. The van der Waals surface area contributed by atoms with E-state index in [4.69, 9.17) is 0 Å². The van der Waals surface area contributed by atoms with Crippen LogP contribution < -0.4 is 5.32 Å². The monoisotopic (exact) mass is 151 g/mol. The number of amides is 1. The van der Waals surface area contributed by atoms with Crippen LogP contribution in [0.25, 0.3) is 0 Å². The smallest absolute Gasteiger partial charge is 0.254 e. The molecule has 0 aliphatic rings. The van der Waals surface area contributed by atoms with E-state index < -0.39 is 0 Å². The van der Waals surface area contributed by atoms with Gasteiger partial charge < -0.3 is 5.32 Å². The zero-order valence-electron chi connectivity index (χ0n) is 6.46. The molecule has 0 fully saturated rings. The SMILES string of the molecule is CNC(=O)c1cnc(C)nc1. The summed E-state index contributed by atoms with van der Waals surface area (Å²) in [6, 6.07) is 0. The predicted molar refractivity (Wildman–Crippen MR) is 40.2 cm³/mol. The lowest BCUT2D eigenvalue weighted by atomic mass is 10.3. The number of rotatable bonds is 1. The van der Waals surface area contributed by atoms with E-state index in [1.807, 2.05) is 0 Å². The molecule has 1 rings (SSSR count). The highest BCUT2D eigenvalue weighted by Gasteiger charge is 2.01. The molecule has 0 spiro atoms. The summed E-state index contributed by atoms with van der Waals surface area (Å²) < 4.78 is 0. The summed E-state index contributed by atoms with van der Waals surface area (Å²) in [5, 5.41) is 2.48. The van der Waals surface area contributed by atoms with Gasteiger partial charge in [0, 0.05) is 19.4 Å². The molecule has 58 valence electrons. The molecule has 0 aliphatic heterocycles. The third-order valence-electron chi connectivity index (χ3n) is 1.27. The third kappa shape index (κ3) is 1.73. The van der Waals surface area contributed by atoms with Crippen LogP contribution in [0.1, 0.15) is 16.2 Å². The number of nitrogens with zero attached hydrogens (tertiary/aromatic N) is 2. The van der Waals surface area contributed by atoms with Gasteiger partial charge in [0.2, 0.25) is 0 Å². The normalized spacial score (nSPS) is 9.27. The number of aryl methyl sites for hydroxylation is 1. The lowest BCUT2D eigenvalue weighted by Gasteiger charge is -1.97. The second-order valence-electron chi connectivity index (χ2n) is 2.10. The van der Waals surface area contributed by atoms with Crippen LogP contribution in [0.2, 0.25) is 0 Å². The molecule has 1 N–H and O–H groups in total. The molecule has 0 unspecified atom stereocenters. The molecule has 0 bridgehead atoms. The molecule has 1 heterocycles. The van der Waals surface area contributed by atoms with Gasteiger partial charge in [0.25, 0.3) is 5.91 Å². The topological polar surface area (TPSA) is 54.9 Å². The Bertz CT molecular complexity index is 255. The molecule has 1 aromatic heterocycles. The van der Waals surface area contributed by atoms with Gasteiger partial charge in [0.15, 0.2) is 0 Å². The molecule has 1 amide bonds. The van der Waals surface area contributed by atoms with Gasteiger partial charge in [-0.1, -0.05) is 0 Å². The Morgan fingerprint density at radius 2 is 2.00 bits per heavy atom. The van der Waals surface area contributed by atoms with E-state index in [-0.39, 0.29) is 5.91 Å². The van der Waals surface area contributed by atoms with Crippen LogP contribution >= 0.6 is 0 Å². The van der Waals surface area contributed by atoms with Crippen LogP contribution in [-0.4, -0.2) is 22.9 Å². The number of carbonyl (C=O) groups excluding carboxylic acids is 1. The Balaban J connectivity index is 2.90. The van der Waals surface area contributed by atoms with Crippen LogP contribution in [0.4, 0.5) is 0 Å². The van der Waals surface area contributed by atoms with Crippen molar-refractivity contribution in [3.05, 3.63) is 23.8 Å². The highest BCUT2D eigenvalue weighted by molar-refractivity contribution is 5.93. The predicted octanol–water partition coefficient (Wildman–Crippen LogP) is 0.145. The fourth-order valence-electron chi connectivity index (χ4n) is 0.654. The summed E-state index contributed by atoms with van der Waals surface area (Å²) in [6.45, 7) is 1.77. The van der Waals surface area contributed by atoms with Crippen LogP contribution in [0.5, 0.6) is 0 Å². The molecule has 1 aromatic rings. The van der Waals surface area contributed by atoms with Gasteiger partial charge in [-0.25, -0.2) is 9.97 Å². The van der Waals surface area contributed by atoms with Crippen molar-refractivity contribution < 1.29 is 4.79 Å². The first kappa shape index (κ1) is 7.65. The summed E-state index contributed by atoms with van der Waals surface area (Å²) in [5.41, 5.74) is 0.484. The fourth-order valence-corrected chi connectivity index (χ4v) is 0.654. The average molecular weight is 151 g/mol. The molecule has 0 radical (unpaired) electrons. The van der Waals surface area contributed by atoms with Crippen LogP contribution in [0.15, 0.2) is 12.4 Å². The quantitative estimate of drug-likeness (QED) is 0.621. The summed E-state index contributed by atoms with van der Waals surface area (Å²) in [7, 11) is 1.57. The summed E-state index contributed by atoms with van der Waals surface area (Å²) >= 11 is 0. The van der Waals surface area contributed by atoms with E-state index in [1.54, 1.807) is 14.0 Å². The van der Waals surface area contributed by atoms with Gasteiger partial charge in [-0.2, -0.15) is 0 Å². The maximum atomic E-state index is 10.9. The van der Waals surface area contributed by atoms with Crippen LogP contribution in [0, 0.1) is 6.92 Å².